The van der Waals surface area contributed by atoms with Gasteiger partial charge in [0.1, 0.15) is 0 Å². The molecular formula is C10H8Cl2O4S. The predicted molar refractivity (Wildman–Crippen MR) is 64.8 cm³/mol. The van der Waals surface area contributed by atoms with Crippen LogP contribution in [0.3, 0.4) is 0 Å². The first-order valence-corrected chi connectivity index (χ1v) is 6.63. The normalized spacial score (nSPS) is 11.7. The summed E-state index contributed by atoms with van der Waals surface area (Å²) >= 11 is 11.4. The monoisotopic (exact) mass is 294 g/mol. The average molecular weight is 295 g/mol. The zero-order chi connectivity index (χ0) is 13.1. The Bertz CT molecular complexity index is 564. The average Bonchev–Trinajstić information content (AvgIpc) is 2.29. The van der Waals surface area contributed by atoms with Crippen LogP contribution in [0.25, 0.3) is 0 Å². The van der Waals surface area contributed by atoms with Crippen LogP contribution < -0.4 is 0 Å². The Balaban J connectivity index is 3.10. The molecule has 0 bridgehead atoms. The third-order valence-electron chi connectivity index (χ3n) is 1.80. The summed E-state index contributed by atoms with van der Waals surface area (Å²) in [6.07, 6.45) is 0.817. The van der Waals surface area contributed by atoms with Crippen molar-refractivity contribution in [2.24, 2.45) is 0 Å². The summed E-state index contributed by atoms with van der Waals surface area (Å²) in [4.78, 5) is 10.7. The SMILES string of the molecule is COC(=O)/C=C/S(=O)(=O)c1ccc(Cl)c(Cl)c1. The minimum atomic E-state index is -3.73. The molecule has 0 fully saturated rings. The van der Waals surface area contributed by atoms with E-state index < -0.39 is 15.8 Å². The molecule has 0 heterocycles. The number of sulfone groups is 1. The molecule has 92 valence electrons. The molecule has 0 radical (unpaired) electrons. The first-order chi connectivity index (χ1) is 7.86. The number of halogens is 2. The second-order valence-electron chi connectivity index (χ2n) is 2.95. The second kappa shape index (κ2) is 5.53. The number of carbonyl (C=O) groups excluding carboxylic acids is 1. The van der Waals surface area contributed by atoms with Crippen LogP contribution in [-0.4, -0.2) is 21.5 Å². The lowest BCUT2D eigenvalue weighted by atomic mass is 10.4. The molecule has 0 aliphatic rings. The summed E-state index contributed by atoms with van der Waals surface area (Å²) in [5.41, 5.74) is 0. The Morgan fingerprint density at radius 3 is 2.47 bits per heavy atom. The summed E-state index contributed by atoms with van der Waals surface area (Å²) in [5, 5.41) is 1.13. The van der Waals surface area contributed by atoms with Crippen LogP contribution in [-0.2, 0) is 19.4 Å². The van der Waals surface area contributed by atoms with E-state index in [0.29, 0.717) is 0 Å². The number of benzene rings is 1. The lowest BCUT2D eigenvalue weighted by Gasteiger charge is -2.01. The van der Waals surface area contributed by atoms with Gasteiger partial charge < -0.3 is 4.74 Å². The Labute approximate surface area is 109 Å². The van der Waals surface area contributed by atoms with Gasteiger partial charge in [0.25, 0.3) is 0 Å². The van der Waals surface area contributed by atoms with Gasteiger partial charge in [0.05, 0.1) is 22.1 Å². The maximum atomic E-state index is 11.7. The van der Waals surface area contributed by atoms with Crippen molar-refractivity contribution in [1.29, 1.82) is 0 Å². The van der Waals surface area contributed by atoms with Crippen LogP contribution in [0.5, 0.6) is 0 Å². The van der Waals surface area contributed by atoms with Gasteiger partial charge in [-0.15, -0.1) is 0 Å². The molecule has 0 unspecified atom stereocenters. The second-order valence-corrected chi connectivity index (χ2v) is 5.59. The molecule has 0 aliphatic carbocycles. The molecule has 7 heteroatoms. The fourth-order valence-corrected chi connectivity index (χ4v) is 2.30. The zero-order valence-corrected chi connectivity index (χ0v) is 11.0. The zero-order valence-electron chi connectivity index (χ0n) is 8.68. The summed E-state index contributed by atoms with van der Waals surface area (Å²) in [6, 6.07) is 3.87. The van der Waals surface area contributed by atoms with Crippen molar-refractivity contribution in [1.82, 2.24) is 0 Å². The molecule has 1 aromatic rings. The summed E-state index contributed by atoms with van der Waals surface area (Å²) in [5.74, 6) is -0.756. The van der Waals surface area contributed by atoms with Crippen LogP contribution in [0.15, 0.2) is 34.6 Å². The molecule has 0 atom stereocenters. The molecule has 17 heavy (non-hydrogen) atoms. The minimum absolute atomic E-state index is 0.0490. The maximum absolute atomic E-state index is 11.7. The van der Waals surface area contributed by atoms with E-state index in [1.807, 2.05) is 0 Å². The molecule has 1 rings (SSSR count). The molecule has 0 N–H and O–H groups in total. The van der Waals surface area contributed by atoms with Gasteiger partial charge in [-0.25, -0.2) is 13.2 Å². The number of hydrogen-bond donors (Lipinski definition) is 0. The standard InChI is InChI=1S/C10H8Cl2O4S/c1-16-10(13)4-5-17(14,15)7-2-3-8(11)9(12)6-7/h2-6H,1H3/b5-4+. The number of rotatable bonds is 3. The van der Waals surface area contributed by atoms with Gasteiger partial charge in [0.15, 0.2) is 9.84 Å². The number of carbonyl (C=O) groups is 1. The van der Waals surface area contributed by atoms with E-state index in [4.69, 9.17) is 23.2 Å². The number of ether oxygens (including phenoxy) is 1. The van der Waals surface area contributed by atoms with E-state index in [1.54, 1.807) is 0 Å². The van der Waals surface area contributed by atoms with E-state index in [1.165, 1.54) is 18.2 Å². The predicted octanol–water partition coefficient (Wildman–Crippen LogP) is 2.45. The summed E-state index contributed by atoms with van der Waals surface area (Å²) in [7, 11) is -2.58. The van der Waals surface area contributed by atoms with E-state index in [2.05, 4.69) is 4.74 Å². The lowest BCUT2D eigenvalue weighted by molar-refractivity contribution is -0.134. The fraction of sp³-hybridized carbons (Fsp3) is 0.100. The third-order valence-corrected chi connectivity index (χ3v) is 3.95. The van der Waals surface area contributed by atoms with Crippen molar-refractivity contribution >= 4 is 39.0 Å². The molecule has 0 aliphatic heterocycles. The number of esters is 1. The van der Waals surface area contributed by atoms with E-state index in [-0.39, 0.29) is 14.9 Å². The molecule has 0 spiro atoms. The van der Waals surface area contributed by atoms with Crippen molar-refractivity contribution in [3.8, 4) is 0 Å². The van der Waals surface area contributed by atoms with Crippen LogP contribution in [0.2, 0.25) is 10.0 Å². The largest absolute Gasteiger partial charge is 0.466 e. The molecular weight excluding hydrogens is 287 g/mol. The van der Waals surface area contributed by atoms with Crippen molar-refractivity contribution < 1.29 is 17.9 Å². The maximum Gasteiger partial charge on any atom is 0.331 e. The van der Waals surface area contributed by atoms with E-state index in [9.17, 15) is 13.2 Å². The van der Waals surface area contributed by atoms with Crippen molar-refractivity contribution in [2.75, 3.05) is 7.11 Å². The van der Waals surface area contributed by atoms with Crippen LogP contribution in [0.4, 0.5) is 0 Å². The molecule has 0 aromatic heterocycles. The van der Waals surface area contributed by atoms with Gasteiger partial charge in [0, 0.05) is 11.5 Å². The van der Waals surface area contributed by atoms with Gasteiger partial charge in [-0.3, -0.25) is 0 Å². The highest BCUT2D eigenvalue weighted by Gasteiger charge is 2.12. The van der Waals surface area contributed by atoms with Crippen molar-refractivity contribution in [3.05, 3.63) is 39.7 Å². The highest BCUT2D eigenvalue weighted by atomic mass is 35.5. The summed E-state index contributed by atoms with van der Waals surface area (Å²) in [6.45, 7) is 0. The van der Waals surface area contributed by atoms with Crippen LogP contribution in [0, 0.1) is 0 Å². The number of hydrogen-bond acceptors (Lipinski definition) is 4. The molecule has 1 aromatic carbocycles. The van der Waals surface area contributed by atoms with Gasteiger partial charge in [-0.05, 0) is 18.2 Å². The smallest absolute Gasteiger partial charge is 0.331 e. The quantitative estimate of drug-likeness (QED) is 0.635. The highest BCUT2D eigenvalue weighted by molar-refractivity contribution is 7.94. The third kappa shape index (κ3) is 3.73. The first kappa shape index (κ1) is 14.0. The van der Waals surface area contributed by atoms with Gasteiger partial charge in [0.2, 0.25) is 0 Å². The summed E-state index contributed by atoms with van der Waals surface area (Å²) < 4.78 is 27.7. The molecule has 4 nitrogen and oxygen atoms in total. The Morgan fingerprint density at radius 1 is 1.29 bits per heavy atom. The van der Waals surface area contributed by atoms with Crippen LogP contribution >= 0.6 is 23.2 Å². The van der Waals surface area contributed by atoms with Crippen molar-refractivity contribution in [2.45, 2.75) is 4.90 Å². The van der Waals surface area contributed by atoms with E-state index in [0.717, 1.165) is 18.6 Å². The Hall–Kier alpha value is -1.04. The van der Waals surface area contributed by atoms with Crippen LogP contribution in [0.1, 0.15) is 0 Å². The topological polar surface area (TPSA) is 60.4 Å². The van der Waals surface area contributed by atoms with Gasteiger partial charge >= 0.3 is 5.97 Å². The molecule has 0 saturated heterocycles. The van der Waals surface area contributed by atoms with E-state index >= 15 is 0 Å². The van der Waals surface area contributed by atoms with Gasteiger partial charge in [-0.1, -0.05) is 23.2 Å². The fourth-order valence-electron chi connectivity index (χ4n) is 0.946. The highest BCUT2D eigenvalue weighted by Crippen LogP contribution is 2.25. The van der Waals surface area contributed by atoms with Crippen molar-refractivity contribution in [3.63, 3.8) is 0 Å². The molecule has 0 saturated carbocycles. The Kier molecular flexibility index (Phi) is 4.56. The number of methoxy groups -OCH3 is 1. The Morgan fingerprint density at radius 2 is 1.94 bits per heavy atom. The lowest BCUT2D eigenvalue weighted by Crippen LogP contribution is -2.00. The van der Waals surface area contributed by atoms with Gasteiger partial charge in [-0.2, -0.15) is 0 Å². The molecule has 0 amide bonds. The minimum Gasteiger partial charge on any atom is -0.466 e. The first-order valence-electron chi connectivity index (χ1n) is 4.33.